The number of aliphatic carboxylic acids is 1. The van der Waals surface area contributed by atoms with Crippen LogP contribution in [0.25, 0.3) is 0 Å². The van der Waals surface area contributed by atoms with Crippen LogP contribution >= 0.6 is 0 Å². The molecule has 0 bridgehead atoms. The number of hydrogen-bond donors (Lipinski definition) is 1. The highest BCUT2D eigenvalue weighted by molar-refractivity contribution is 6.28. The van der Waals surface area contributed by atoms with Crippen molar-refractivity contribution in [3.63, 3.8) is 0 Å². The van der Waals surface area contributed by atoms with Gasteiger partial charge in [-0.3, -0.25) is 0 Å². The van der Waals surface area contributed by atoms with Crippen LogP contribution in [0.5, 0.6) is 0 Å². The van der Waals surface area contributed by atoms with Gasteiger partial charge in [0.2, 0.25) is 0 Å². The van der Waals surface area contributed by atoms with Crippen molar-refractivity contribution in [1.82, 2.24) is 4.73 Å². The van der Waals surface area contributed by atoms with E-state index in [1.54, 1.807) is 24.7 Å². The van der Waals surface area contributed by atoms with Gasteiger partial charge < -0.3 is 14.4 Å². The van der Waals surface area contributed by atoms with E-state index in [1.165, 1.54) is 12.4 Å². The topological polar surface area (TPSA) is 81.7 Å². The zero-order valence-corrected chi connectivity index (χ0v) is 8.15. The standard InChI is InChI=1S/C6H5NO4.C4H4O/c8-5(9)6(10)11-7-3-1-2-4-7;1-2-4-5-3-1/h1-4H,(H,8,9);1-4H. The van der Waals surface area contributed by atoms with E-state index in [2.05, 4.69) is 9.25 Å². The summed E-state index contributed by atoms with van der Waals surface area (Å²) in [5.74, 6) is -2.92. The number of carboxylic acid groups (broad SMARTS) is 1. The number of aromatic nitrogens is 1. The lowest BCUT2D eigenvalue weighted by Gasteiger charge is -1.98. The molecule has 2 rings (SSSR count). The van der Waals surface area contributed by atoms with Gasteiger partial charge in [-0.05, 0) is 24.3 Å². The van der Waals surface area contributed by atoms with E-state index < -0.39 is 11.9 Å². The van der Waals surface area contributed by atoms with Gasteiger partial charge in [-0.1, -0.05) is 0 Å². The molecule has 1 N–H and O–H groups in total. The molecule has 16 heavy (non-hydrogen) atoms. The SMILES string of the molecule is O=C(O)C(=O)On1cccc1.c1ccoc1. The van der Waals surface area contributed by atoms with Crippen molar-refractivity contribution in [2.75, 3.05) is 0 Å². The minimum Gasteiger partial charge on any atom is -0.473 e. The largest absolute Gasteiger partial charge is 0.473 e. The molecule has 0 atom stereocenters. The monoisotopic (exact) mass is 223 g/mol. The molecule has 0 aliphatic heterocycles. The van der Waals surface area contributed by atoms with Gasteiger partial charge in [-0.25, -0.2) is 9.59 Å². The van der Waals surface area contributed by atoms with Crippen molar-refractivity contribution in [3.05, 3.63) is 49.2 Å². The summed E-state index contributed by atoms with van der Waals surface area (Å²) in [6, 6.07) is 6.88. The van der Waals surface area contributed by atoms with Gasteiger partial charge in [0, 0.05) is 12.4 Å². The molecule has 0 spiro atoms. The Kier molecular flexibility index (Phi) is 4.39. The van der Waals surface area contributed by atoms with Gasteiger partial charge in [0.1, 0.15) is 0 Å². The minimum atomic E-state index is -1.61. The first-order chi connectivity index (χ1) is 7.70. The van der Waals surface area contributed by atoms with Crippen LogP contribution in [0.2, 0.25) is 0 Å². The Labute approximate surface area is 90.6 Å². The minimum absolute atomic E-state index is 1.01. The van der Waals surface area contributed by atoms with Crippen molar-refractivity contribution in [1.29, 1.82) is 0 Å². The van der Waals surface area contributed by atoms with Crippen molar-refractivity contribution in [3.8, 4) is 0 Å². The molecular formula is C10H9NO5. The van der Waals surface area contributed by atoms with Gasteiger partial charge >= 0.3 is 11.9 Å². The van der Waals surface area contributed by atoms with Crippen LogP contribution in [-0.4, -0.2) is 21.8 Å². The van der Waals surface area contributed by atoms with Gasteiger partial charge in [0.25, 0.3) is 0 Å². The van der Waals surface area contributed by atoms with E-state index in [4.69, 9.17) is 5.11 Å². The summed E-state index contributed by atoms with van der Waals surface area (Å²) in [6.45, 7) is 0. The first-order valence-corrected chi connectivity index (χ1v) is 4.26. The number of rotatable bonds is 1. The highest BCUT2D eigenvalue weighted by Gasteiger charge is 2.13. The molecule has 2 aromatic heterocycles. The molecule has 0 aromatic carbocycles. The molecule has 0 radical (unpaired) electrons. The number of carboxylic acids is 1. The van der Waals surface area contributed by atoms with E-state index in [1.807, 2.05) is 12.1 Å². The molecule has 0 fully saturated rings. The first kappa shape index (κ1) is 11.6. The smallest absolute Gasteiger partial charge is 0.441 e. The van der Waals surface area contributed by atoms with E-state index in [9.17, 15) is 9.59 Å². The molecule has 2 heterocycles. The molecule has 0 unspecified atom stereocenters. The fourth-order valence-corrected chi connectivity index (χ4v) is 0.741. The summed E-state index contributed by atoms with van der Waals surface area (Å²) in [7, 11) is 0. The summed E-state index contributed by atoms with van der Waals surface area (Å²) in [5.41, 5.74) is 0. The number of carbonyl (C=O) groups excluding carboxylic acids is 1. The quantitative estimate of drug-likeness (QED) is 0.723. The third-order valence-electron chi connectivity index (χ3n) is 1.37. The fourth-order valence-electron chi connectivity index (χ4n) is 0.741. The molecule has 2 aromatic rings. The van der Waals surface area contributed by atoms with Crippen molar-refractivity contribution >= 4 is 11.9 Å². The summed E-state index contributed by atoms with van der Waals surface area (Å²) in [4.78, 5) is 24.6. The fraction of sp³-hybridized carbons (Fsp3) is 0. The number of nitrogens with zero attached hydrogens (tertiary/aromatic N) is 1. The molecule has 0 saturated heterocycles. The lowest BCUT2D eigenvalue weighted by atomic mass is 10.7. The number of furan rings is 1. The predicted octanol–water partition coefficient (Wildman–Crippen LogP) is 0.807. The molecule has 0 amide bonds. The zero-order valence-electron chi connectivity index (χ0n) is 8.15. The third kappa shape index (κ3) is 4.14. The van der Waals surface area contributed by atoms with Crippen LogP contribution in [0.3, 0.4) is 0 Å². The maximum absolute atomic E-state index is 10.4. The lowest BCUT2D eigenvalue weighted by Crippen LogP contribution is -2.25. The summed E-state index contributed by atoms with van der Waals surface area (Å²) in [6.07, 6.45) is 6.08. The van der Waals surface area contributed by atoms with Crippen LogP contribution in [0.1, 0.15) is 0 Å². The van der Waals surface area contributed by atoms with E-state index >= 15 is 0 Å². The highest BCUT2D eigenvalue weighted by Crippen LogP contribution is 1.85. The Balaban J connectivity index is 0.000000212. The number of hydrogen-bond acceptors (Lipinski definition) is 4. The first-order valence-electron chi connectivity index (χ1n) is 4.26. The van der Waals surface area contributed by atoms with E-state index in [0.29, 0.717) is 0 Å². The molecule has 84 valence electrons. The van der Waals surface area contributed by atoms with Crippen molar-refractivity contribution in [2.24, 2.45) is 0 Å². The van der Waals surface area contributed by atoms with Crippen molar-refractivity contribution < 1.29 is 24.0 Å². The molecule has 0 saturated carbocycles. The average Bonchev–Trinajstić information content (AvgIpc) is 2.92. The van der Waals surface area contributed by atoms with Crippen LogP contribution in [-0.2, 0) is 9.59 Å². The second kappa shape index (κ2) is 6.07. The summed E-state index contributed by atoms with van der Waals surface area (Å²) in [5, 5.41) is 8.09. The molecule has 6 nitrogen and oxygen atoms in total. The van der Waals surface area contributed by atoms with E-state index in [0.717, 1.165) is 4.73 Å². The number of carbonyl (C=O) groups is 2. The Morgan fingerprint density at radius 1 is 1.06 bits per heavy atom. The molecule has 0 aliphatic rings. The predicted molar refractivity (Wildman–Crippen MR) is 52.4 cm³/mol. The Hall–Kier alpha value is -2.50. The van der Waals surface area contributed by atoms with Gasteiger partial charge in [0.15, 0.2) is 0 Å². The maximum Gasteiger partial charge on any atom is 0.441 e. The normalized spacial score (nSPS) is 8.75. The Bertz CT molecular complexity index is 401. The van der Waals surface area contributed by atoms with Crippen molar-refractivity contribution in [2.45, 2.75) is 0 Å². The second-order valence-electron chi connectivity index (χ2n) is 2.52. The third-order valence-corrected chi connectivity index (χ3v) is 1.37. The molecule has 6 heteroatoms. The molecule has 0 aliphatic carbocycles. The Morgan fingerprint density at radius 2 is 1.62 bits per heavy atom. The van der Waals surface area contributed by atoms with Gasteiger partial charge in [0.05, 0.1) is 12.5 Å². The summed E-state index contributed by atoms with van der Waals surface area (Å²) < 4.78 is 5.59. The van der Waals surface area contributed by atoms with Crippen LogP contribution in [0.15, 0.2) is 53.6 Å². The lowest BCUT2D eigenvalue weighted by molar-refractivity contribution is -0.164. The molecular weight excluding hydrogens is 214 g/mol. The van der Waals surface area contributed by atoms with E-state index in [-0.39, 0.29) is 0 Å². The van der Waals surface area contributed by atoms with Gasteiger partial charge in [-0.15, -0.1) is 0 Å². The second-order valence-corrected chi connectivity index (χ2v) is 2.52. The van der Waals surface area contributed by atoms with Crippen LogP contribution in [0, 0.1) is 0 Å². The maximum atomic E-state index is 10.4. The van der Waals surface area contributed by atoms with Crippen LogP contribution < -0.4 is 4.84 Å². The van der Waals surface area contributed by atoms with Gasteiger partial charge in [-0.2, -0.15) is 4.73 Å². The Morgan fingerprint density at radius 3 is 2.00 bits per heavy atom. The average molecular weight is 223 g/mol. The summed E-state index contributed by atoms with van der Waals surface area (Å²) >= 11 is 0. The van der Waals surface area contributed by atoms with Crippen LogP contribution in [0.4, 0.5) is 0 Å². The highest BCUT2D eigenvalue weighted by atomic mass is 16.7. The zero-order chi connectivity index (χ0) is 11.8.